The van der Waals surface area contributed by atoms with Gasteiger partial charge in [0.2, 0.25) is 0 Å². The van der Waals surface area contributed by atoms with Crippen LogP contribution in [0.15, 0.2) is 71.1 Å². The molecule has 4 rings (SSSR count). The summed E-state index contributed by atoms with van der Waals surface area (Å²) in [6, 6.07) is 20.8. The van der Waals surface area contributed by atoms with Crippen molar-refractivity contribution in [1.82, 2.24) is 4.98 Å². The zero-order valence-electron chi connectivity index (χ0n) is 18.6. The van der Waals surface area contributed by atoms with Gasteiger partial charge in [-0.2, -0.15) is 4.98 Å². The van der Waals surface area contributed by atoms with Crippen LogP contribution in [0.2, 0.25) is 0 Å². The number of aliphatic carboxylic acids is 1. The number of Topliss-reactive ketones (excluding diaryl/α,β-unsaturated/α-hetero) is 1. The zero-order chi connectivity index (χ0) is 23.6. The minimum atomic E-state index is -1.10. The van der Waals surface area contributed by atoms with E-state index in [0.29, 0.717) is 28.4 Å². The molecule has 0 amide bonds. The molecule has 0 unspecified atom stereocenters. The Bertz CT molecular complexity index is 1310. The Hall–Kier alpha value is -4.13. The van der Waals surface area contributed by atoms with E-state index in [1.165, 1.54) is 0 Å². The SMILES string of the molecule is COc1ccc2oc(Nc3ccc(-c4ccc(C(=O)CC(C)(C)C(=O)O)cc4)cc3)nc2c1. The molecule has 0 bridgehead atoms. The third-order valence-corrected chi connectivity index (χ3v) is 5.45. The van der Waals surface area contributed by atoms with Crippen molar-refractivity contribution in [3.05, 3.63) is 72.3 Å². The Kier molecular flexibility index (Phi) is 5.87. The summed E-state index contributed by atoms with van der Waals surface area (Å²) < 4.78 is 10.9. The highest BCUT2D eigenvalue weighted by Gasteiger charge is 2.30. The van der Waals surface area contributed by atoms with Crippen LogP contribution in [0.5, 0.6) is 5.75 Å². The maximum Gasteiger partial charge on any atom is 0.309 e. The average Bonchev–Trinajstić information content (AvgIpc) is 3.20. The van der Waals surface area contributed by atoms with Gasteiger partial charge in [0.15, 0.2) is 11.4 Å². The first kappa shape index (κ1) is 22.1. The molecule has 1 heterocycles. The molecule has 0 radical (unpaired) electrons. The molecular weight excluding hydrogens is 420 g/mol. The number of fused-ring (bicyclic) bond motifs is 1. The van der Waals surface area contributed by atoms with Gasteiger partial charge in [0.1, 0.15) is 11.3 Å². The van der Waals surface area contributed by atoms with E-state index in [1.807, 2.05) is 54.6 Å². The molecule has 0 aliphatic carbocycles. The van der Waals surface area contributed by atoms with Gasteiger partial charge in [0.05, 0.1) is 12.5 Å². The highest BCUT2D eigenvalue weighted by Crippen LogP contribution is 2.28. The molecule has 3 aromatic carbocycles. The summed E-state index contributed by atoms with van der Waals surface area (Å²) in [6.07, 6.45) is -0.0509. The molecule has 0 saturated carbocycles. The molecule has 0 atom stereocenters. The number of methoxy groups -OCH3 is 1. The molecule has 0 saturated heterocycles. The van der Waals surface area contributed by atoms with Gasteiger partial charge in [-0.15, -0.1) is 0 Å². The minimum absolute atomic E-state index is 0.0509. The van der Waals surface area contributed by atoms with E-state index in [-0.39, 0.29) is 12.2 Å². The predicted octanol–water partition coefficient (Wildman–Crippen LogP) is 5.93. The number of ketones is 1. The maximum atomic E-state index is 12.4. The topological polar surface area (TPSA) is 102 Å². The quantitative estimate of drug-likeness (QED) is 0.325. The normalized spacial score (nSPS) is 11.4. The van der Waals surface area contributed by atoms with Crippen molar-refractivity contribution in [3.8, 4) is 16.9 Å². The van der Waals surface area contributed by atoms with Crippen LogP contribution in [-0.2, 0) is 4.79 Å². The number of carbonyl (C=O) groups excluding carboxylic acids is 1. The molecule has 7 nitrogen and oxygen atoms in total. The van der Waals surface area contributed by atoms with Gasteiger partial charge in [0, 0.05) is 23.7 Å². The maximum absolute atomic E-state index is 12.4. The van der Waals surface area contributed by atoms with Crippen LogP contribution in [0.1, 0.15) is 30.6 Å². The van der Waals surface area contributed by atoms with Gasteiger partial charge >= 0.3 is 5.97 Å². The highest BCUT2D eigenvalue weighted by atomic mass is 16.5. The lowest BCUT2D eigenvalue weighted by molar-refractivity contribution is -0.146. The predicted molar refractivity (Wildman–Crippen MR) is 126 cm³/mol. The van der Waals surface area contributed by atoms with Gasteiger partial charge in [-0.3, -0.25) is 9.59 Å². The molecular formula is C26H24N2O5. The van der Waals surface area contributed by atoms with E-state index in [4.69, 9.17) is 9.15 Å². The number of ether oxygens (including phenoxy) is 1. The lowest BCUT2D eigenvalue weighted by atomic mass is 9.85. The Morgan fingerprint density at radius 1 is 1.00 bits per heavy atom. The van der Waals surface area contributed by atoms with Crippen molar-refractivity contribution in [3.63, 3.8) is 0 Å². The summed E-state index contributed by atoms with van der Waals surface area (Å²) in [5.74, 6) is -0.465. The molecule has 4 aromatic rings. The number of rotatable bonds is 8. The van der Waals surface area contributed by atoms with E-state index >= 15 is 0 Å². The van der Waals surface area contributed by atoms with Crippen molar-refractivity contribution >= 4 is 34.6 Å². The summed E-state index contributed by atoms with van der Waals surface area (Å²) in [7, 11) is 1.60. The van der Waals surface area contributed by atoms with Gasteiger partial charge in [0.25, 0.3) is 6.01 Å². The number of aromatic nitrogens is 1. The molecule has 0 fully saturated rings. The summed E-state index contributed by atoms with van der Waals surface area (Å²) in [4.78, 5) is 28.1. The first-order chi connectivity index (χ1) is 15.7. The van der Waals surface area contributed by atoms with Crippen LogP contribution in [0.25, 0.3) is 22.2 Å². The standard InChI is InChI=1S/C26H24N2O5/c1-26(2,24(30)31)15-22(29)18-6-4-16(5-7-18)17-8-10-19(11-9-17)27-25-28-21-14-20(32-3)12-13-23(21)33-25/h4-14H,15H2,1-3H3,(H,27,28)(H,30,31). The van der Waals surface area contributed by atoms with E-state index in [1.54, 1.807) is 33.1 Å². The Labute approximate surface area is 191 Å². The van der Waals surface area contributed by atoms with E-state index in [9.17, 15) is 14.7 Å². The fraction of sp³-hybridized carbons (Fsp3) is 0.192. The second-order valence-corrected chi connectivity index (χ2v) is 8.42. The third kappa shape index (κ3) is 4.87. The summed E-state index contributed by atoms with van der Waals surface area (Å²) in [5, 5.41) is 12.4. The fourth-order valence-corrected chi connectivity index (χ4v) is 3.38. The van der Waals surface area contributed by atoms with Crippen LogP contribution >= 0.6 is 0 Å². The number of anilines is 2. The summed E-state index contributed by atoms with van der Waals surface area (Å²) in [6.45, 7) is 3.10. The Morgan fingerprint density at radius 2 is 1.64 bits per heavy atom. The van der Waals surface area contributed by atoms with Crippen LogP contribution in [-0.4, -0.2) is 29.0 Å². The van der Waals surface area contributed by atoms with Gasteiger partial charge in [-0.1, -0.05) is 36.4 Å². The number of carboxylic acid groups (broad SMARTS) is 1. The molecule has 0 aliphatic rings. The number of carbonyl (C=O) groups is 2. The number of nitrogens with zero attached hydrogens (tertiary/aromatic N) is 1. The first-order valence-corrected chi connectivity index (χ1v) is 10.4. The lowest BCUT2D eigenvalue weighted by Crippen LogP contribution is -2.26. The second-order valence-electron chi connectivity index (χ2n) is 8.42. The Balaban J connectivity index is 1.45. The van der Waals surface area contributed by atoms with Crippen LogP contribution in [0, 0.1) is 5.41 Å². The van der Waals surface area contributed by atoms with E-state index in [0.717, 1.165) is 16.8 Å². The van der Waals surface area contributed by atoms with Gasteiger partial charge < -0.3 is 19.6 Å². The van der Waals surface area contributed by atoms with Gasteiger partial charge in [-0.25, -0.2) is 0 Å². The second kappa shape index (κ2) is 8.78. The fourth-order valence-electron chi connectivity index (χ4n) is 3.38. The molecule has 7 heteroatoms. The number of oxazole rings is 1. The Morgan fingerprint density at radius 3 is 2.24 bits per heavy atom. The van der Waals surface area contributed by atoms with Crippen LogP contribution < -0.4 is 10.1 Å². The van der Waals surface area contributed by atoms with Crippen molar-refractivity contribution in [1.29, 1.82) is 0 Å². The largest absolute Gasteiger partial charge is 0.497 e. The van der Waals surface area contributed by atoms with Crippen molar-refractivity contribution in [2.45, 2.75) is 20.3 Å². The summed E-state index contributed by atoms with van der Waals surface area (Å²) in [5.41, 5.74) is 3.52. The van der Waals surface area contributed by atoms with Crippen LogP contribution in [0.3, 0.4) is 0 Å². The van der Waals surface area contributed by atoms with Crippen molar-refractivity contribution in [2.75, 3.05) is 12.4 Å². The van der Waals surface area contributed by atoms with E-state index < -0.39 is 11.4 Å². The summed E-state index contributed by atoms with van der Waals surface area (Å²) >= 11 is 0. The average molecular weight is 444 g/mol. The minimum Gasteiger partial charge on any atom is -0.497 e. The third-order valence-electron chi connectivity index (χ3n) is 5.45. The zero-order valence-corrected chi connectivity index (χ0v) is 18.6. The van der Waals surface area contributed by atoms with Crippen molar-refractivity contribution < 1.29 is 23.8 Å². The highest BCUT2D eigenvalue weighted by molar-refractivity contribution is 5.99. The molecule has 0 aliphatic heterocycles. The number of benzene rings is 3. The monoisotopic (exact) mass is 444 g/mol. The number of carboxylic acids is 1. The molecule has 33 heavy (non-hydrogen) atoms. The number of hydrogen-bond acceptors (Lipinski definition) is 6. The smallest absolute Gasteiger partial charge is 0.309 e. The molecule has 0 spiro atoms. The van der Waals surface area contributed by atoms with E-state index in [2.05, 4.69) is 10.3 Å². The lowest BCUT2D eigenvalue weighted by Gasteiger charge is -2.17. The van der Waals surface area contributed by atoms with Gasteiger partial charge in [-0.05, 0) is 49.2 Å². The number of hydrogen-bond donors (Lipinski definition) is 2. The number of nitrogens with one attached hydrogen (secondary N) is 1. The first-order valence-electron chi connectivity index (χ1n) is 10.4. The van der Waals surface area contributed by atoms with Crippen LogP contribution in [0.4, 0.5) is 11.7 Å². The molecule has 1 aromatic heterocycles. The van der Waals surface area contributed by atoms with Crippen molar-refractivity contribution in [2.24, 2.45) is 5.41 Å². The molecule has 168 valence electrons. The molecule has 2 N–H and O–H groups in total.